The van der Waals surface area contributed by atoms with Crippen molar-refractivity contribution in [2.45, 2.75) is 53.6 Å². The standard InChI is InChI=1S/C15H29N3OS/c1-7-18(9-10-19-8-2)14-17-12(3)13(20-14)11-16-15(4,5)6/h16H,7-11H2,1-6H3. The number of hydrogen-bond acceptors (Lipinski definition) is 5. The van der Waals surface area contributed by atoms with Gasteiger partial charge in [-0.25, -0.2) is 4.98 Å². The molecule has 0 aliphatic rings. The summed E-state index contributed by atoms with van der Waals surface area (Å²) in [5.74, 6) is 0. The Balaban J connectivity index is 2.66. The van der Waals surface area contributed by atoms with Crippen molar-refractivity contribution in [3.63, 3.8) is 0 Å². The van der Waals surface area contributed by atoms with Gasteiger partial charge in [0.1, 0.15) is 0 Å². The molecule has 0 unspecified atom stereocenters. The van der Waals surface area contributed by atoms with E-state index in [1.165, 1.54) is 4.88 Å². The van der Waals surface area contributed by atoms with Crippen molar-refractivity contribution in [3.05, 3.63) is 10.6 Å². The van der Waals surface area contributed by atoms with Crippen LogP contribution < -0.4 is 10.2 Å². The second-order valence-electron chi connectivity index (χ2n) is 5.89. The van der Waals surface area contributed by atoms with Crippen LogP contribution in [-0.4, -0.2) is 36.8 Å². The van der Waals surface area contributed by atoms with E-state index < -0.39 is 0 Å². The van der Waals surface area contributed by atoms with E-state index in [0.29, 0.717) is 0 Å². The number of rotatable bonds is 8. The number of aryl methyl sites for hydroxylation is 1. The molecule has 0 saturated carbocycles. The largest absolute Gasteiger partial charge is 0.380 e. The van der Waals surface area contributed by atoms with Gasteiger partial charge in [0.05, 0.1) is 12.3 Å². The lowest BCUT2D eigenvalue weighted by molar-refractivity contribution is 0.154. The lowest BCUT2D eigenvalue weighted by Crippen LogP contribution is -2.34. The molecule has 0 aliphatic heterocycles. The summed E-state index contributed by atoms with van der Waals surface area (Å²) in [6.07, 6.45) is 0. The highest BCUT2D eigenvalue weighted by atomic mass is 32.1. The topological polar surface area (TPSA) is 37.4 Å². The fraction of sp³-hybridized carbons (Fsp3) is 0.800. The van der Waals surface area contributed by atoms with Gasteiger partial charge in [-0.05, 0) is 41.5 Å². The maximum atomic E-state index is 5.44. The highest BCUT2D eigenvalue weighted by molar-refractivity contribution is 7.15. The Morgan fingerprint density at radius 3 is 2.55 bits per heavy atom. The highest BCUT2D eigenvalue weighted by Gasteiger charge is 2.15. The van der Waals surface area contributed by atoms with Gasteiger partial charge in [0, 0.05) is 36.7 Å². The number of anilines is 1. The quantitative estimate of drug-likeness (QED) is 0.748. The number of thiazole rings is 1. The monoisotopic (exact) mass is 299 g/mol. The van der Waals surface area contributed by atoms with E-state index in [4.69, 9.17) is 9.72 Å². The Morgan fingerprint density at radius 1 is 1.30 bits per heavy atom. The summed E-state index contributed by atoms with van der Waals surface area (Å²) in [5, 5.41) is 4.64. The summed E-state index contributed by atoms with van der Waals surface area (Å²) in [6, 6.07) is 0. The Morgan fingerprint density at radius 2 is 2.00 bits per heavy atom. The average molecular weight is 299 g/mol. The third kappa shape index (κ3) is 5.77. The predicted molar refractivity (Wildman–Crippen MR) is 87.8 cm³/mol. The molecule has 4 nitrogen and oxygen atoms in total. The molecule has 0 fully saturated rings. The molecule has 0 atom stereocenters. The van der Waals surface area contributed by atoms with Gasteiger partial charge in [-0.3, -0.25) is 0 Å². The van der Waals surface area contributed by atoms with Crippen molar-refractivity contribution in [2.75, 3.05) is 31.2 Å². The minimum absolute atomic E-state index is 0.135. The zero-order valence-corrected chi connectivity index (χ0v) is 14.6. The lowest BCUT2D eigenvalue weighted by Gasteiger charge is -2.20. The van der Waals surface area contributed by atoms with Crippen LogP contribution >= 0.6 is 11.3 Å². The third-order valence-electron chi connectivity index (χ3n) is 3.02. The Labute approximate surface area is 127 Å². The molecule has 1 heterocycles. The van der Waals surface area contributed by atoms with E-state index in [1.807, 2.05) is 6.92 Å². The van der Waals surface area contributed by atoms with Crippen LogP contribution in [0.5, 0.6) is 0 Å². The number of aromatic nitrogens is 1. The van der Waals surface area contributed by atoms with Gasteiger partial charge in [0.2, 0.25) is 0 Å². The van der Waals surface area contributed by atoms with Crippen LogP contribution in [0.25, 0.3) is 0 Å². The van der Waals surface area contributed by atoms with Crippen LogP contribution in [0.3, 0.4) is 0 Å². The molecule has 0 radical (unpaired) electrons. The first kappa shape index (κ1) is 17.4. The van der Waals surface area contributed by atoms with E-state index in [9.17, 15) is 0 Å². The van der Waals surface area contributed by atoms with E-state index >= 15 is 0 Å². The molecule has 0 amide bonds. The van der Waals surface area contributed by atoms with Crippen LogP contribution in [0, 0.1) is 6.92 Å². The van der Waals surface area contributed by atoms with Crippen molar-refractivity contribution >= 4 is 16.5 Å². The molecule has 0 saturated heterocycles. The van der Waals surface area contributed by atoms with E-state index in [0.717, 1.165) is 43.7 Å². The SMILES string of the molecule is CCOCCN(CC)c1nc(C)c(CNC(C)(C)C)s1. The lowest BCUT2D eigenvalue weighted by atomic mass is 10.1. The molecule has 1 aromatic heterocycles. The molecule has 5 heteroatoms. The van der Waals surface area contributed by atoms with Crippen molar-refractivity contribution < 1.29 is 4.74 Å². The molecule has 1 N–H and O–H groups in total. The van der Waals surface area contributed by atoms with Gasteiger partial charge < -0.3 is 15.0 Å². The van der Waals surface area contributed by atoms with Gasteiger partial charge in [0.25, 0.3) is 0 Å². The molecule has 1 rings (SSSR count). The molecule has 20 heavy (non-hydrogen) atoms. The van der Waals surface area contributed by atoms with Crippen LogP contribution in [-0.2, 0) is 11.3 Å². The van der Waals surface area contributed by atoms with Crippen molar-refractivity contribution in [1.82, 2.24) is 10.3 Å². The summed E-state index contributed by atoms with van der Waals surface area (Å²) >= 11 is 1.79. The van der Waals surface area contributed by atoms with Crippen molar-refractivity contribution in [2.24, 2.45) is 0 Å². The van der Waals surface area contributed by atoms with E-state index in [-0.39, 0.29) is 5.54 Å². The molecule has 116 valence electrons. The van der Waals surface area contributed by atoms with Crippen LogP contribution in [0.2, 0.25) is 0 Å². The summed E-state index contributed by atoms with van der Waals surface area (Å²) in [4.78, 5) is 8.32. The summed E-state index contributed by atoms with van der Waals surface area (Å²) in [5.41, 5.74) is 1.27. The third-order valence-corrected chi connectivity index (χ3v) is 4.24. The van der Waals surface area contributed by atoms with Crippen LogP contribution in [0.1, 0.15) is 45.2 Å². The van der Waals surface area contributed by atoms with Gasteiger partial charge in [-0.1, -0.05) is 0 Å². The Kier molecular flexibility index (Phi) is 6.92. The maximum Gasteiger partial charge on any atom is 0.185 e. The van der Waals surface area contributed by atoms with Gasteiger partial charge >= 0.3 is 0 Å². The van der Waals surface area contributed by atoms with Crippen LogP contribution in [0.15, 0.2) is 0 Å². The molecule has 0 aromatic carbocycles. The second kappa shape index (κ2) is 7.96. The molecule has 0 bridgehead atoms. The normalized spacial score (nSPS) is 11.9. The second-order valence-corrected chi connectivity index (χ2v) is 6.95. The minimum Gasteiger partial charge on any atom is -0.380 e. The fourth-order valence-corrected chi connectivity index (χ4v) is 2.86. The van der Waals surface area contributed by atoms with E-state index in [2.05, 4.69) is 44.8 Å². The average Bonchev–Trinajstić information content (AvgIpc) is 2.73. The molecular formula is C15H29N3OS. The molecular weight excluding hydrogens is 270 g/mol. The number of hydrogen-bond donors (Lipinski definition) is 1. The van der Waals surface area contributed by atoms with E-state index in [1.54, 1.807) is 11.3 Å². The zero-order valence-electron chi connectivity index (χ0n) is 13.7. The fourth-order valence-electron chi connectivity index (χ4n) is 1.77. The number of nitrogens with one attached hydrogen (secondary N) is 1. The number of likely N-dealkylation sites (N-methyl/N-ethyl adjacent to an activating group) is 1. The first-order chi connectivity index (χ1) is 9.37. The highest BCUT2D eigenvalue weighted by Crippen LogP contribution is 2.26. The van der Waals surface area contributed by atoms with Crippen molar-refractivity contribution in [3.8, 4) is 0 Å². The minimum atomic E-state index is 0.135. The van der Waals surface area contributed by atoms with Crippen molar-refractivity contribution in [1.29, 1.82) is 0 Å². The smallest absolute Gasteiger partial charge is 0.185 e. The molecule has 0 spiro atoms. The number of ether oxygens (including phenoxy) is 1. The van der Waals surface area contributed by atoms with Gasteiger partial charge in [0.15, 0.2) is 5.13 Å². The summed E-state index contributed by atoms with van der Waals surface area (Å²) in [7, 11) is 0. The Hall–Kier alpha value is -0.650. The van der Waals surface area contributed by atoms with Crippen LogP contribution in [0.4, 0.5) is 5.13 Å². The maximum absolute atomic E-state index is 5.44. The Bertz CT molecular complexity index is 398. The van der Waals surface area contributed by atoms with Gasteiger partial charge in [-0.2, -0.15) is 0 Å². The summed E-state index contributed by atoms with van der Waals surface area (Å²) in [6.45, 7) is 17.1. The predicted octanol–water partition coefficient (Wildman–Crippen LogP) is 3.20. The first-order valence-corrected chi connectivity index (χ1v) is 8.23. The number of nitrogens with zero attached hydrogens (tertiary/aromatic N) is 2. The summed E-state index contributed by atoms with van der Waals surface area (Å²) < 4.78 is 5.44. The zero-order chi connectivity index (χ0) is 15.2. The first-order valence-electron chi connectivity index (χ1n) is 7.41. The molecule has 0 aliphatic carbocycles. The molecule has 1 aromatic rings. The van der Waals surface area contributed by atoms with Gasteiger partial charge in [-0.15, -0.1) is 11.3 Å².